The van der Waals surface area contributed by atoms with Gasteiger partial charge < -0.3 is 0 Å². The summed E-state index contributed by atoms with van der Waals surface area (Å²) in [7, 11) is 0. The molecule has 1 atom stereocenters. The molecule has 0 amide bonds. The highest BCUT2D eigenvalue weighted by molar-refractivity contribution is 6.65. The molecule has 0 fully saturated rings. The van der Waals surface area contributed by atoms with Crippen molar-refractivity contribution in [2.45, 2.75) is 112 Å². The van der Waals surface area contributed by atoms with Crippen molar-refractivity contribution in [1.29, 1.82) is 0 Å². The standard InChI is InChI=1S/C19H20ClF17O/c1-2-3-4-5-6-7-8-9-10(21)12(22,23)14(26,27)16(30,31)18(34,35)19(36,37)17(32,33)15(28,29)13(24,25)11(20)38/h10H,2-9H2,1H3. The average Bonchev–Trinajstić information content (AvgIpc) is 2.76. The first kappa shape index (κ1) is 36.8. The van der Waals surface area contributed by atoms with E-state index in [4.69, 9.17) is 0 Å². The number of unbranched alkanes of at least 4 members (excludes halogenated alkanes) is 6. The Morgan fingerprint density at radius 1 is 0.553 bits per heavy atom. The van der Waals surface area contributed by atoms with E-state index in [0.29, 0.717) is 12.8 Å². The van der Waals surface area contributed by atoms with E-state index in [0.717, 1.165) is 12.8 Å². The summed E-state index contributed by atoms with van der Waals surface area (Å²) < 4.78 is 231. The summed E-state index contributed by atoms with van der Waals surface area (Å²) in [4.78, 5) is 10.2. The zero-order chi connectivity index (χ0) is 30.8. The van der Waals surface area contributed by atoms with Gasteiger partial charge >= 0.3 is 47.4 Å². The number of carbonyl (C=O) groups excluding carboxylic acids is 1. The van der Waals surface area contributed by atoms with Crippen molar-refractivity contribution in [2.75, 3.05) is 0 Å². The molecule has 0 spiro atoms. The van der Waals surface area contributed by atoms with Crippen molar-refractivity contribution in [3.05, 3.63) is 0 Å². The zero-order valence-electron chi connectivity index (χ0n) is 18.9. The molecule has 1 unspecified atom stereocenters. The molecule has 19 heteroatoms. The Labute approximate surface area is 209 Å². The van der Waals surface area contributed by atoms with E-state index < -0.39 is 71.6 Å². The maximum absolute atomic E-state index is 13.8. The van der Waals surface area contributed by atoms with E-state index in [1.165, 1.54) is 0 Å². The predicted octanol–water partition coefficient (Wildman–Crippen LogP) is 9.31. The largest absolute Gasteiger partial charge is 0.388 e. The molecule has 0 saturated heterocycles. The highest BCUT2D eigenvalue weighted by Gasteiger charge is 2.95. The molecule has 0 aliphatic carbocycles. The summed E-state index contributed by atoms with van der Waals surface area (Å²) >= 11 is 3.82. The molecule has 0 rings (SSSR count). The number of alkyl halides is 17. The van der Waals surface area contributed by atoms with Crippen LogP contribution in [0.25, 0.3) is 0 Å². The molecule has 0 aliphatic heterocycles. The Balaban J connectivity index is 6.20. The zero-order valence-corrected chi connectivity index (χ0v) is 19.7. The molecule has 0 saturated carbocycles. The SMILES string of the molecule is CCCCCCCCCC(F)C(F)(F)C(F)(F)C(F)(F)C(F)(F)C(F)(F)C(F)(F)C(F)(F)C(F)(F)C(=O)Cl. The van der Waals surface area contributed by atoms with Crippen molar-refractivity contribution in [2.24, 2.45) is 0 Å². The van der Waals surface area contributed by atoms with Gasteiger partial charge in [-0.3, -0.25) is 4.79 Å². The fraction of sp³-hybridized carbons (Fsp3) is 0.947. The summed E-state index contributed by atoms with van der Waals surface area (Å²) in [5.74, 6) is -64.5. The van der Waals surface area contributed by atoms with Gasteiger partial charge in [0.25, 0.3) is 5.24 Å². The van der Waals surface area contributed by atoms with Crippen molar-refractivity contribution in [3.63, 3.8) is 0 Å². The van der Waals surface area contributed by atoms with Crippen LogP contribution in [0, 0.1) is 0 Å². The first-order valence-electron chi connectivity index (χ1n) is 10.5. The minimum Gasteiger partial charge on any atom is -0.274 e. The molecule has 0 heterocycles. The van der Waals surface area contributed by atoms with Gasteiger partial charge in [0.1, 0.15) is 0 Å². The molecule has 228 valence electrons. The van der Waals surface area contributed by atoms with Gasteiger partial charge in [-0.25, -0.2) is 4.39 Å². The lowest BCUT2D eigenvalue weighted by Crippen LogP contribution is -2.75. The Morgan fingerprint density at radius 3 is 1.24 bits per heavy atom. The minimum atomic E-state index is -8.69. The molecule has 38 heavy (non-hydrogen) atoms. The molecular weight excluding hydrogens is 603 g/mol. The second kappa shape index (κ2) is 11.7. The van der Waals surface area contributed by atoms with Crippen molar-refractivity contribution >= 4 is 16.8 Å². The summed E-state index contributed by atoms with van der Waals surface area (Å²) in [5.41, 5.74) is 0. The second-order valence-electron chi connectivity index (χ2n) is 8.29. The fourth-order valence-electron chi connectivity index (χ4n) is 2.98. The van der Waals surface area contributed by atoms with Gasteiger partial charge in [-0.05, 0) is 18.0 Å². The number of hydrogen-bond donors (Lipinski definition) is 0. The van der Waals surface area contributed by atoms with E-state index in [2.05, 4.69) is 11.6 Å². The lowest BCUT2D eigenvalue weighted by Gasteiger charge is -2.43. The molecule has 0 radical (unpaired) electrons. The van der Waals surface area contributed by atoms with E-state index >= 15 is 0 Å². The highest BCUT2D eigenvalue weighted by Crippen LogP contribution is 2.64. The maximum atomic E-state index is 13.8. The van der Waals surface area contributed by atoms with E-state index in [-0.39, 0.29) is 12.8 Å². The van der Waals surface area contributed by atoms with Crippen LogP contribution in [0.3, 0.4) is 0 Å². The number of hydrogen-bond acceptors (Lipinski definition) is 1. The Bertz CT molecular complexity index is 796. The average molecular weight is 623 g/mol. The third-order valence-electron chi connectivity index (χ3n) is 5.49. The van der Waals surface area contributed by atoms with Crippen LogP contribution >= 0.6 is 11.6 Å². The fourth-order valence-corrected chi connectivity index (χ4v) is 3.10. The van der Waals surface area contributed by atoms with Gasteiger partial charge in [0.05, 0.1) is 0 Å². The van der Waals surface area contributed by atoms with Crippen LogP contribution in [-0.2, 0) is 4.79 Å². The smallest absolute Gasteiger partial charge is 0.274 e. The Kier molecular flexibility index (Phi) is 11.3. The van der Waals surface area contributed by atoms with Gasteiger partial charge in [-0.1, -0.05) is 51.9 Å². The maximum Gasteiger partial charge on any atom is 0.388 e. The summed E-state index contributed by atoms with van der Waals surface area (Å²) in [5, 5.41) is -3.89. The molecule has 0 aromatic rings. The van der Waals surface area contributed by atoms with E-state index in [1.807, 2.05) is 6.92 Å². The number of rotatable bonds is 17. The normalized spacial score (nSPS) is 16.1. The van der Waals surface area contributed by atoms with Gasteiger partial charge in [0.15, 0.2) is 6.17 Å². The van der Waals surface area contributed by atoms with Crippen LogP contribution in [0.5, 0.6) is 0 Å². The lowest BCUT2D eigenvalue weighted by molar-refractivity contribution is -0.452. The minimum absolute atomic E-state index is 0.161. The number of halogens is 18. The quantitative estimate of drug-likeness (QED) is 0.0898. The number of carbonyl (C=O) groups is 1. The van der Waals surface area contributed by atoms with E-state index in [1.54, 1.807) is 0 Å². The highest BCUT2D eigenvalue weighted by atomic mass is 35.5. The van der Waals surface area contributed by atoms with Gasteiger partial charge in [-0.15, -0.1) is 0 Å². The monoisotopic (exact) mass is 622 g/mol. The van der Waals surface area contributed by atoms with Gasteiger partial charge in [0, 0.05) is 0 Å². The van der Waals surface area contributed by atoms with E-state index in [9.17, 15) is 79.4 Å². The molecule has 1 nitrogen and oxygen atoms in total. The summed E-state index contributed by atoms with van der Waals surface area (Å²) in [6.07, 6.45) is -4.31. The third kappa shape index (κ3) is 5.79. The lowest BCUT2D eigenvalue weighted by atomic mass is 9.86. The molecule has 0 aromatic carbocycles. The van der Waals surface area contributed by atoms with Crippen LogP contribution in [0.4, 0.5) is 74.6 Å². The van der Waals surface area contributed by atoms with Crippen LogP contribution in [0.1, 0.15) is 58.3 Å². The summed E-state index contributed by atoms with van der Waals surface area (Å²) in [6.45, 7) is 1.81. The Hall–Kier alpha value is -1.23. The van der Waals surface area contributed by atoms with Crippen molar-refractivity contribution in [3.8, 4) is 0 Å². The molecule has 0 N–H and O–H groups in total. The second-order valence-corrected chi connectivity index (χ2v) is 8.64. The first-order valence-corrected chi connectivity index (χ1v) is 10.9. The van der Waals surface area contributed by atoms with Crippen LogP contribution in [-0.4, -0.2) is 58.8 Å². The van der Waals surface area contributed by atoms with Crippen LogP contribution in [0.15, 0.2) is 0 Å². The summed E-state index contributed by atoms with van der Waals surface area (Å²) in [6, 6.07) is 0. The van der Waals surface area contributed by atoms with Gasteiger partial charge in [-0.2, -0.15) is 70.2 Å². The molecule has 0 aromatic heterocycles. The first-order chi connectivity index (χ1) is 16.7. The Morgan fingerprint density at radius 2 is 0.868 bits per heavy atom. The molecular formula is C19H20ClF17O. The van der Waals surface area contributed by atoms with Crippen molar-refractivity contribution in [1.82, 2.24) is 0 Å². The van der Waals surface area contributed by atoms with Crippen LogP contribution in [0.2, 0.25) is 0 Å². The predicted molar refractivity (Wildman–Crippen MR) is 97.9 cm³/mol. The van der Waals surface area contributed by atoms with Crippen LogP contribution < -0.4 is 0 Å². The van der Waals surface area contributed by atoms with Gasteiger partial charge in [0.2, 0.25) is 0 Å². The molecule has 0 aliphatic rings. The van der Waals surface area contributed by atoms with Crippen molar-refractivity contribution < 1.29 is 79.4 Å². The topological polar surface area (TPSA) is 17.1 Å². The molecule has 0 bridgehead atoms. The third-order valence-corrected chi connectivity index (χ3v) is 5.72.